The van der Waals surface area contributed by atoms with Crippen LogP contribution in [0.25, 0.3) is 0 Å². The van der Waals surface area contributed by atoms with Gasteiger partial charge in [-0.3, -0.25) is 4.79 Å². The maximum atomic E-state index is 10.7. The van der Waals surface area contributed by atoms with Crippen LogP contribution in [0.4, 0.5) is 0 Å². The standard InChI is InChI=1S/C7H17N3O/c1-5(8)3-4-7(2,10)6(9)11/h5H,3-4,8,10H2,1-2H3,(H2,9,11)/t5?,7-/m0/s1. The quantitative estimate of drug-likeness (QED) is 0.507. The van der Waals surface area contributed by atoms with Gasteiger partial charge in [-0.1, -0.05) is 0 Å². The third kappa shape index (κ3) is 3.95. The largest absolute Gasteiger partial charge is 0.368 e. The predicted octanol–water partition coefficient (Wildman–Crippen LogP) is -0.683. The van der Waals surface area contributed by atoms with Gasteiger partial charge in [0.15, 0.2) is 0 Å². The molecule has 0 spiro atoms. The van der Waals surface area contributed by atoms with Crippen molar-refractivity contribution in [3.05, 3.63) is 0 Å². The Morgan fingerprint density at radius 2 is 2.09 bits per heavy atom. The summed E-state index contributed by atoms with van der Waals surface area (Å²) in [4.78, 5) is 10.7. The van der Waals surface area contributed by atoms with Crippen molar-refractivity contribution < 1.29 is 4.79 Å². The van der Waals surface area contributed by atoms with Gasteiger partial charge in [-0.15, -0.1) is 0 Å². The lowest BCUT2D eigenvalue weighted by atomic mass is 9.94. The zero-order chi connectivity index (χ0) is 9.07. The minimum absolute atomic E-state index is 0.0669. The zero-order valence-corrected chi connectivity index (χ0v) is 7.13. The molecule has 0 bridgehead atoms. The third-order valence-electron chi connectivity index (χ3n) is 1.68. The molecule has 1 unspecified atom stereocenters. The molecular formula is C7H17N3O. The molecule has 0 aromatic rings. The summed E-state index contributed by atoms with van der Waals surface area (Å²) in [6.07, 6.45) is 1.26. The smallest absolute Gasteiger partial charge is 0.237 e. The summed E-state index contributed by atoms with van der Waals surface area (Å²) in [6.45, 7) is 3.49. The van der Waals surface area contributed by atoms with Crippen molar-refractivity contribution in [3.63, 3.8) is 0 Å². The van der Waals surface area contributed by atoms with Crippen LogP contribution in [0.2, 0.25) is 0 Å². The van der Waals surface area contributed by atoms with E-state index in [1.165, 1.54) is 0 Å². The average molecular weight is 159 g/mol. The van der Waals surface area contributed by atoms with Crippen LogP contribution in [0.1, 0.15) is 26.7 Å². The summed E-state index contributed by atoms with van der Waals surface area (Å²) in [7, 11) is 0. The van der Waals surface area contributed by atoms with Gasteiger partial charge in [0.25, 0.3) is 0 Å². The number of primary amides is 1. The van der Waals surface area contributed by atoms with E-state index in [2.05, 4.69) is 0 Å². The summed E-state index contributed by atoms with van der Waals surface area (Å²) >= 11 is 0. The first-order chi connectivity index (χ1) is 4.86. The Kier molecular flexibility index (Phi) is 3.48. The van der Waals surface area contributed by atoms with Gasteiger partial charge in [-0.25, -0.2) is 0 Å². The first kappa shape index (κ1) is 10.4. The van der Waals surface area contributed by atoms with Gasteiger partial charge in [-0.2, -0.15) is 0 Å². The molecule has 0 heterocycles. The number of carbonyl (C=O) groups excluding carboxylic acids is 1. The van der Waals surface area contributed by atoms with E-state index >= 15 is 0 Å². The number of carbonyl (C=O) groups is 1. The zero-order valence-electron chi connectivity index (χ0n) is 7.13. The summed E-state index contributed by atoms with van der Waals surface area (Å²) in [5, 5.41) is 0. The molecule has 2 atom stereocenters. The molecule has 0 aliphatic carbocycles. The van der Waals surface area contributed by atoms with Crippen LogP contribution in [0.15, 0.2) is 0 Å². The van der Waals surface area contributed by atoms with Crippen LogP contribution in [-0.4, -0.2) is 17.5 Å². The van der Waals surface area contributed by atoms with E-state index in [1.807, 2.05) is 6.92 Å². The van der Waals surface area contributed by atoms with Crippen molar-refractivity contribution in [2.75, 3.05) is 0 Å². The monoisotopic (exact) mass is 159 g/mol. The van der Waals surface area contributed by atoms with Crippen LogP contribution < -0.4 is 17.2 Å². The van der Waals surface area contributed by atoms with Gasteiger partial charge in [0.1, 0.15) is 0 Å². The molecule has 0 aromatic carbocycles. The molecule has 11 heavy (non-hydrogen) atoms. The predicted molar refractivity (Wildman–Crippen MR) is 44.7 cm³/mol. The van der Waals surface area contributed by atoms with E-state index < -0.39 is 11.4 Å². The highest BCUT2D eigenvalue weighted by Crippen LogP contribution is 2.08. The Labute approximate surface area is 67.1 Å². The molecule has 0 fully saturated rings. The SMILES string of the molecule is CC(N)CC[C@](C)(N)C(N)=O. The fraction of sp³-hybridized carbons (Fsp3) is 0.857. The molecular weight excluding hydrogens is 142 g/mol. The molecule has 4 heteroatoms. The van der Waals surface area contributed by atoms with Crippen LogP contribution in [0.5, 0.6) is 0 Å². The molecule has 0 aliphatic heterocycles. The van der Waals surface area contributed by atoms with Gasteiger partial charge in [0, 0.05) is 6.04 Å². The minimum Gasteiger partial charge on any atom is -0.368 e. The highest BCUT2D eigenvalue weighted by molar-refractivity contribution is 5.83. The van der Waals surface area contributed by atoms with Gasteiger partial charge in [-0.05, 0) is 26.7 Å². The van der Waals surface area contributed by atoms with Gasteiger partial charge in [0.2, 0.25) is 5.91 Å². The molecule has 0 aromatic heterocycles. The number of nitrogens with two attached hydrogens (primary N) is 3. The lowest BCUT2D eigenvalue weighted by Gasteiger charge is -2.20. The first-order valence-electron chi connectivity index (χ1n) is 3.70. The number of amides is 1. The Hall–Kier alpha value is -0.610. The number of hydrogen-bond acceptors (Lipinski definition) is 3. The molecule has 0 saturated heterocycles. The maximum absolute atomic E-state index is 10.7. The van der Waals surface area contributed by atoms with Crippen LogP contribution in [0.3, 0.4) is 0 Å². The van der Waals surface area contributed by atoms with Crippen molar-refractivity contribution in [2.24, 2.45) is 17.2 Å². The number of rotatable bonds is 4. The number of hydrogen-bond donors (Lipinski definition) is 3. The fourth-order valence-corrected chi connectivity index (χ4v) is 0.651. The van der Waals surface area contributed by atoms with E-state index in [-0.39, 0.29) is 6.04 Å². The first-order valence-corrected chi connectivity index (χ1v) is 3.70. The molecule has 0 saturated carbocycles. The van der Waals surface area contributed by atoms with Gasteiger partial charge >= 0.3 is 0 Å². The maximum Gasteiger partial charge on any atom is 0.237 e. The lowest BCUT2D eigenvalue weighted by molar-refractivity contribution is -0.122. The molecule has 1 amide bonds. The summed E-state index contributed by atoms with van der Waals surface area (Å²) in [5.41, 5.74) is 15.2. The highest BCUT2D eigenvalue weighted by Gasteiger charge is 2.24. The van der Waals surface area contributed by atoms with Crippen molar-refractivity contribution in [1.82, 2.24) is 0 Å². The van der Waals surface area contributed by atoms with E-state index in [0.717, 1.165) is 6.42 Å². The second-order valence-corrected chi connectivity index (χ2v) is 3.30. The minimum atomic E-state index is -0.909. The van der Waals surface area contributed by atoms with Gasteiger partial charge in [0.05, 0.1) is 5.54 Å². The molecule has 4 nitrogen and oxygen atoms in total. The Morgan fingerprint density at radius 3 is 2.36 bits per heavy atom. The highest BCUT2D eigenvalue weighted by atomic mass is 16.1. The molecule has 0 radical (unpaired) electrons. The lowest BCUT2D eigenvalue weighted by Crippen LogP contribution is -2.49. The van der Waals surface area contributed by atoms with E-state index in [4.69, 9.17) is 17.2 Å². The normalized spacial score (nSPS) is 18.9. The van der Waals surface area contributed by atoms with E-state index in [0.29, 0.717) is 6.42 Å². The topological polar surface area (TPSA) is 95.1 Å². The molecule has 66 valence electrons. The molecule has 0 rings (SSSR count). The van der Waals surface area contributed by atoms with Crippen molar-refractivity contribution in [2.45, 2.75) is 38.3 Å². The molecule has 6 N–H and O–H groups in total. The second kappa shape index (κ2) is 3.69. The Morgan fingerprint density at radius 1 is 1.64 bits per heavy atom. The molecule has 0 aliphatic rings. The third-order valence-corrected chi connectivity index (χ3v) is 1.68. The fourth-order valence-electron chi connectivity index (χ4n) is 0.651. The van der Waals surface area contributed by atoms with Crippen molar-refractivity contribution >= 4 is 5.91 Å². The van der Waals surface area contributed by atoms with Gasteiger partial charge < -0.3 is 17.2 Å². The second-order valence-electron chi connectivity index (χ2n) is 3.30. The van der Waals surface area contributed by atoms with Crippen molar-refractivity contribution in [3.8, 4) is 0 Å². The van der Waals surface area contributed by atoms with E-state index in [9.17, 15) is 4.79 Å². The van der Waals surface area contributed by atoms with Crippen LogP contribution >= 0.6 is 0 Å². The summed E-state index contributed by atoms with van der Waals surface area (Å²) < 4.78 is 0. The van der Waals surface area contributed by atoms with E-state index in [1.54, 1.807) is 6.92 Å². The van der Waals surface area contributed by atoms with Crippen LogP contribution in [0, 0.1) is 0 Å². The average Bonchev–Trinajstić information content (AvgIpc) is 1.84. The Balaban J connectivity index is 3.83. The van der Waals surface area contributed by atoms with Crippen LogP contribution in [-0.2, 0) is 4.79 Å². The van der Waals surface area contributed by atoms with Crippen molar-refractivity contribution in [1.29, 1.82) is 0 Å². The Bertz CT molecular complexity index is 143. The summed E-state index contributed by atoms with van der Waals surface area (Å²) in [5.74, 6) is -0.474. The summed E-state index contributed by atoms with van der Waals surface area (Å²) in [6, 6.07) is 0.0669.